The van der Waals surface area contributed by atoms with Crippen molar-refractivity contribution in [2.45, 2.75) is 75.9 Å². The Labute approximate surface area is 158 Å². The predicted octanol–water partition coefficient (Wildman–Crippen LogP) is 3.06. The number of carbonyl (C=O) groups excluding carboxylic acids is 2. The molecule has 0 saturated carbocycles. The SMILES string of the molecule is C/C1=C\C(=O)O[C@@H]2C[C@@H](CCC/C=C\CC1)O[C@@](O)([C@@H]1CSC(=O)N1)C2. The fraction of sp³-hybridized carbons (Fsp3) is 0.684. The Morgan fingerprint density at radius 2 is 2.08 bits per heavy atom. The van der Waals surface area contributed by atoms with E-state index in [0.717, 1.165) is 49.4 Å². The smallest absolute Gasteiger partial charge is 0.330 e. The van der Waals surface area contributed by atoms with Gasteiger partial charge in [-0.3, -0.25) is 4.79 Å². The van der Waals surface area contributed by atoms with Gasteiger partial charge in [0.05, 0.1) is 12.1 Å². The lowest BCUT2D eigenvalue weighted by Gasteiger charge is -2.43. The fourth-order valence-electron chi connectivity index (χ4n) is 3.69. The summed E-state index contributed by atoms with van der Waals surface area (Å²) in [6, 6.07) is -0.486. The van der Waals surface area contributed by atoms with Crippen molar-refractivity contribution in [3.05, 3.63) is 23.8 Å². The first kappa shape index (κ1) is 19.5. The van der Waals surface area contributed by atoms with E-state index >= 15 is 0 Å². The van der Waals surface area contributed by atoms with Crippen LogP contribution in [0.5, 0.6) is 0 Å². The third-order valence-corrected chi connectivity index (χ3v) is 5.93. The Morgan fingerprint density at radius 3 is 2.85 bits per heavy atom. The molecule has 2 fully saturated rings. The number of nitrogens with one attached hydrogen (secondary N) is 1. The maximum atomic E-state index is 12.2. The van der Waals surface area contributed by atoms with E-state index in [1.165, 1.54) is 6.08 Å². The van der Waals surface area contributed by atoms with Gasteiger partial charge in [0, 0.05) is 24.7 Å². The third kappa shape index (κ3) is 5.11. The number of ether oxygens (including phenoxy) is 2. The molecule has 3 aliphatic heterocycles. The van der Waals surface area contributed by atoms with Crippen molar-refractivity contribution >= 4 is 23.0 Å². The van der Waals surface area contributed by atoms with E-state index in [9.17, 15) is 14.7 Å². The van der Waals surface area contributed by atoms with E-state index in [1.54, 1.807) is 0 Å². The van der Waals surface area contributed by atoms with E-state index in [2.05, 4.69) is 17.5 Å². The second-order valence-corrected chi connectivity index (χ2v) is 8.30. The van der Waals surface area contributed by atoms with Crippen LogP contribution < -0.4 is 5.32 Å². The molecule has 6 nitrogen and oxygen atoms in total. The molecule has 2 N–H and O–H groups in total. The average molecular weight is 381 g/mol. The predicted molar refractivity (Wildman–Crippen MR) is 99.7 cm³/mol. The van der Waals surface area contributed by atoms with Crippen LogP contribution in [0.15, 0.2) is 23.8 Å². The van der Waals surface area contributed by atoms with Crippen molar-refractivity contribution in [1.29, 1.82) is 0 Å². The van der Waals surface area contributed by atoms with Gasteiger partial charge in [-0.15, -0.1) is 0 Å². The lowest BCUT2D eigenvalue weighted by molar-refractivity contribution is -0.283. The molecule has 0 aromatic carbocycles. The number of carbonyl (C=O) groups is 2. The number of rotatable bonds is 1. The normalized spacial score (nSPS) is 39.9. The summed E-state index contributed by atoms with van der Waals surface area (Å²) >= 11 is 1.14. The largest absolute Gasteiger partial charge is 0.459 e. The minimum atomic E-state index is -1.50. The quantitative estimate of drug-likeness (QED) is 0.536. The fourth-order valence-corrected chi connectivity index (χ4v) is 4.58. The van der Waals surface area contributed by atoms with E-state index in [0.29, 0.717) is 12.2 Å². The summed E-state index contributed by atoms with van der Waals surface area (Å²) in [4.78, 5) is 23.8. The van der Waals surface area contributed by atoms with Gasteiger partial charge < -0.3 is 19.9 Å². The first-order valence-electron chi connectivity index (χ1n) is 9.31. The van der Waals surface area contributed by atoms with Crippen LogP contribution in [0.1, 0.15) is 51.9 Å². The first-order chi connectivity index (χ1) is 12.4. The summed E-state index contributed by atoms with van der Waals surface area (Å²) < 4.78 is 11.6. The zero-order valence-corrected chi connectivity index (χ0v) is 15.9. The number of hydrogen-bond donors (Lipinski definition) is 2. The Kier molecular flexibility index (Phi) is 6.42. The molecule has 26 heavy (non-hydrogen) atoms. The van der Waals surface area contributed by atoms with Gasteiger partial charge in [0.25, 0.3) is 5.24 Å². The Bertz CT molecular complexity index is 605. The van der Waals surface area contributed by atoms with Crippen LogP contribution >= 0.6 is 11.8 Å². The molecular weight excluding hydrogens is 354 g/mol. The molecule has 3 rings (SSSR count). The molecule has 0 spiro atoms. The van der Waals surface area contributed by atoms with Crippen LogP contribution in [-0.2, 0) is 14.3 Å². The van der Waals surface area contributed by atoms with Crippen molar-refractivity contribution in [2.24, 2.45) is 0 Å². The summed E-state index contributed by atoms with van der Waals surface area (Å²) in [6.45, 7) is 1.93. The molecule has 2 saturated heterocycles. The van der Waals surface area contributed by atoms with Crippen LogP contribution in [-0.4, -0.2) is 46.1 Å². The zero-order chi connectivity index (χ0) is 18.6. The van der Waals surface area contributed by atoms with Crippen LogP contribution in [0.4, 0.5) is 4.79 Å². The van der Waals surface area contributed by atoms with Crippen molar-refractivity contribution in [2.75, 3.05) is 5.75 Å². The van der Waals surface area contributed by atoms with Crippen molar-refractivity contribution in [3.8, 4) is 0 Å². The molecule has 7 heteroatoms. The van der Waals surface area contributed by atoms with Gasteiger partial charge in [-0.2, -0.15) is 0 Å². The summed E-state index contributed by atoms with van der Waals surface area (Å²) in [5.74, 6) is -1.43. The number of thioether (sulfide) groups is 1. The Hall–Kier alpha value is -1.31. The monoisotopic (exact) mass is 381 g/mol. The Morgan fingerprint density at radius 1 is 1.27 bits per heavy atom. The molecule has 0 unspecified atom stereocenters. The molecule has 3 heterocycles. The average Bonchev–Trinajstić information content (AvgIpc) is 3.00. The van der Waals surface area contributed by atoms with Crippen molar-refractivity contribution in [1.82, 2.24) is 5.32 Å². The highest BCUT2D eigenvalue weighted by Crippen LogP contribution is 2.36. The van der Waals surface area contributed by atoms with Crippen molar-refractivity contribution < 1.29 is 24.2 Å². The first-order valence-corrected chi connectivity index (χ1v) is 10.3. The zero-order valence-electron chi connectivity index (χ0n) is 15.1. The number of fused-ring (bicyclic) bond motifs is 2. The minimum absolute atomic E-state index is 0.159. The molecule has 144 valence electrons. The van der Waals surface area contributed by atoms with E-state index < -0.39 is 17.9 Å². The molecule has 0 radical (unpaired) electrons. The topological polar surface area (TPSA) is 84.9 Å². The molecule has 3 aliphatic rings. The van der Waals surface area contributed by atoms with Crippen LogP contribution in [0.2, 0.25) is 0 Å². The van der Waals surface area contributed by atoms with Crippen LogP contribution in [0.3, 0.4) is 0 Å². The van der Waals surface area contributed by atoms with Gasteiger partial charge in [0.1, 0.15) is 6.10 Å². The van der Waals surface area contributed by atoms with E-state index in [-0.39, 0.29) is 23.7 Å². The van der Waals surface area contributed by atoms with Gasteiger partial charge in [0.2, 0.25) is 0 Å². The number of esters is 1. The highest BCUT2D eigenvalue weighted by Gasteiger charge is 2.49. The molecule has 0 aliphatic carbocycles. The maximum absolute atomic E-state index is 12.2. The highest BCUT2D eigenvalue weighted by molar-refractivity contribution is 8.14. The summed E-state index contributed by atoms with van der Waals surface area (Å²) in [5.41, 5.74) is 0.982. The molecule has 0 aromatic heterocycles. The summed E-state index contributed by atoms with van der Waals surface area (Å²) in [5, 5.41) is 13.7. The molecule has 4 atom stereocenters. The van der Waals surface area contributed by atoms with Gasteiger partial charge in [0.15, 0.2) is 5.79 Å². The lowest BCUT2D eigenvalue weighted by Crippen LogP contribution is -2.58. The second kappa shape index (κ2) is 8.59. The highest BCUT2D eigenvalue weighted by atomic mass is 32.2. The van der Waals surface area contributed by atoms with Gasteiger partial charge in [-0.05, 0) is 39.0 Å². The van der Waals surface area contributed by atoms with E-state index in [4.69, 9.17) is 9.47 Å². The van der Waals surface area contributed by atoms with Gasteiger partial charge >= 0.3 is 5.97 Å². The minimum Gasteiger partial charge on any atom is -0.459 e. The molecule has 0 aromatic rings. The van der Waals surface area contributed by atoms with Crippen LogP contribution in [0, 0.1) is 0 Å². The maximum Gasteiger partial charge on any atom is 0.330 e. The second-order valence-electron chi connectivity index (χ2n) is 7.31. The molecule has 1 amide bonds. The van der Waals surface area contributed by atoms with Gasteiger partial charge in [-0.25, -0.2) is 4.79 Å². The third-order valence-electron chi connectivity index (χ3n) is 5.05. The van der Waals surface area contributed by atoms with Crippen molar-refractivity contribution in [3.63, 3.8) is 0 Å². The summed E-state index contributed by atoms with van der Waals surface area (Å²) in [6.07, 6.45) is 10.4. The van der Waals surface area contributed by atoms with Gasteiger partial charge in [-0.1, -0.05) is 29.5 Å². The number of hydrogen-bond acceptors (Lipinski definition) is 6. The summed E-state index contributed by atoms with van der Waals surface area (Å²) in [7, 11) is 0. The Balaban J connectivity index is 1.76. The number of aliphatic hydroxyl groups is 1. The number of amides is 1. The van der Waals surface area contributed by atoms with Crippen LogP contribution in [0.25, 0.3) is 0 Å². The number of allylic oxidation sites excluding steroid dienone is 3. The standard InChI is InChI=1S/C19H27NO5S/c1-13-7-5-3-2-4-6-8-14-10-15(24-17(21)9-13)11-19(23,25-14)16-12-26-18(22)20-16/h2-3,9,14-16,23H,4-8,10-12H2,1H3,(H,20,22)/b3-2-,13-9+/t14-,15-,16+,19-/m1/s1. The molecular formula is C19H27NO5S. The van der Waals surface area contributed by atoms with E-state index in [1.807, 2.05) is 6.92 Å². The lowest BCUT2D eigenvalue weighted by atomic mass is 9.91. The molecule has 2 bridgehead atoms.